The second-order valence-electron chi connectivity index (χ2n) is 4.36. The molecule has 0 aliphatic carbocycles. The summed E-state index contributed by atoms with van der Waals surface area (Å²) in [6.07, 6.45) is 9.55. The minimum atomic E-state index is 0.308. The number of nitrogens with zero attached hydrogens (tertiary/aromatic N) is 2. The maximum absolute atomic E-state index is 4.20. The summed E-state index contributed by atoms with van der Waals surface area (Å²) in [7, 11) is 0. The molecule has 1 atom stereocenters. The van der Waals surface area contributed by atoms with Crippen LogP contribution in [0.2, 0.25) is 0 Å². The first-order valence-corrected chi connectivity index (χ1v) is 6.42. The van der Waals surface area contributed by atoms with Gasteiger partial charge in [-0.2, -0.15) is 0 Å². The largest absolute Gasteiger partial charge is 0.310 e. The van der Waals surface area contributed by atoms with Gasteiger partial charge in [0.25, 0.3) is 0 Å². The van der Waals surface area contributed by atoms with Crippen LogP contribution in [0.5, 0.6) is 0 Å². The van der Waals surface area contributed by atoms with Gasteiger partial charge in [-0.1, -0.05) is 19.1 Å². The van der Waals surface area contributed by atoms with Crippen LogP contribution in [0.1, 0.15) is 30.5 Å². The Labute approximate surface area is 108 Å². The Morgan fingerprint density at radius 3 is 2.50 bits per heavy atom. The van der Waals surface area contributed by atoms with Gasteiger partial charge in [-0.15, -0.1) is 0 Å². The summed E-state index contributed by atoms with van der Waals surface area (Å²) in [5.74, 6) is 0. The highest BCUT2D eigenvalue weighted by Crippen LogP contribution is 2.16. The lowest BCUT2D eigenvalue weighted by Crippen LogP contribution is -2.24. The molecule has 0 fully saturated rings. The van der Waals surface area contributed by atoms with Gasteiger partial charge in [0.1, 0.15) is 0 Å². The minimum Gasteiger partial charge on any atom is -0.310 e. The average molecular weight is 241 g/mol. The maximum atomic E-state index is 4.20. The van der Waals surface area contributed by atoms with Crippen molar-refractivity contribution < 1.29 is 0 Å². The summed E-state index contributed by atoms with van der Waals surface area (Å²) in [6, 6.07) is 8.51. The summed E-state index contributed by atoms with van der Waals surface area (Å²) in [5, 5.41) is 3.57. The van der Waals surface area contributed by atoms with Gasteiger partial charge in [0, 0.05) is 30.8 Å². The van der Waals surface area contributed by atoms with Gasteiger partial charge < -0.3 is 5.32 Å². The van der Waals surface area contributed by atoms with Crippen LogP contribution in [0, 0.1) is 0 Å². The van der Waals surface area contributed by atoms with E-state index in [9.17, 15) is 0 Å². The lowest BCUT2D eigenvalue weighted by Gasteiger charge is -2.18. The first-order chi connectivity index (χ1) is 8.90. The van der Waals surface area contributed by atoms with Crippen LogP contribution >= 0.6 is 0 Å². The summed E-state index contributed by atoms with van der Waals surface area (Å²) in [5.41, 5.74) is 2.48. The van der Waals surface area contributed by atoms with Crippen LogP contribution in [-0.4, -0.2) is 16.5 Å². The molecule has 0 radical (unpaired) electrons. The molecule has 1 unspecified atom stereocenters. The van der Waals surface area contributed by atoms with E-state index in [-0.39, 0.29) is 0 Å². The molecule has 3 nitrogen and oxygen atoms in total. The fourth-order valence-electron chi connectivity index (χ4n) is 1.96. The van der Waals surface area contributed by atoms with Crippen LogP contribution in [0.15, 0.2) is 49.1 Å². The van der Waals surface area contributed by atoms with Crippen molar-refractivity contribution >= 4 is 0 Å². The monoisotopic (exact) mass is 241 g/mol. The van der Waals surface area contributed by atoms with Gasteiger partial charge in [0.15, 0.2) is 0 Å². The first kappa shape index (κ1) is 12.7. The molecule has 0 saturated heterocycles. The van der Waals surface area contributed by atoms with Crippen LogP contribution < -0.4 is 5.32 Å². The van der Waals surface area contributed by atoms with Gasteiger partial charge in [0.05, 0.1) is 0 Å². The van der Waals surface area contributed by atoms with Crippen molar-refractivity contribution in [2.75, 3.05) is 6.54 Å². The fourth-order valence-corrected chi connectivity index (χ4v) is 1.96. The smallest absolute Gasteiger partial charge is 0.0376 e. The van der Waals surface area contributed by atoms with Crippen LogP contribution in [-0.2, 0) is 6.42 Å². The Morgan fingerprint density at radius 2 is 1.89 bits per heavy atom. The van der Waals surface area contributed by atoms with Crippen molar-refractivity contribution in [1.29, 1.82) is 0 Å². The molecule has 2 aromatic rings. The van der Waals surface area contributed by atoms with E-state index in [1.807, 2.05) is 36.9 Å². The molecule has 0 aromatic carbocycles. The highest BCUT2D eigenvalue weighted by molar-refractivity contribution is 5.19. The molecule has 2 rings (SSSR count). The highest BCUT2D eigenvalue weighted by Gasteiger charge is 2.11. The summed E-state index contributed by atoms with van der Waals surface area (Å²) in [4.78, 5) is 8.37. The van der Waals surface area contributed by atoms with E-state index >= 15 is 0 Å². The van der Waals surface area contributed by atoms with Crippen molar-refractivity contribution in [3.8, 4) is 0 Å². The van der Waals surface area contributed by atoms with Crippen molar-refractivity contribution in [2.24, 2.45) is 0 Å². The Kier molecular flexibility index (Phi) is 4.85. The third kappa shape index (κ3) is 3.64. The minimum absolute atomic E-state index is 0.308. The number of hydrogen-bond acceptors (Lipinski definition) is 3. The summed E-state index contributed by atoms with van der Waals surface area (Å²) < 4.78 is 0. The molecule has 3 heteroatoms. The van der Waals surface area contributed by atoms with E-state index in [0.29, 0.717) is 6.04 Å². The van der Waals surface area contributed by atoms with Crippen molar-refractivity contribution in [3.63, 3.8) is 0 Å². The summed E-state index contributed by atoms with van der Waals surface area (Å²) in [6.45, 7) is 3.19. The Balaban J connectivity index is 2.10. The highest BCUT2D eigenvalue weighted by atomic mass is 14.9. The second-order valence-corrected chi connectivity index (χ2v) is 4.36. The van der Waals surface area contributed by atoms with Gasteiger partial charge in [-0.3, -0.25) is 9.97 Å². The summed E-state index contributed by atoms with van der Waals surface area (Å²) >= 11 is 0. The van der Waals surface area contributed by atoms with Crippen molar-refractivity contribution in [3.05, 3.63) is 60.2 Å². The number of pyridine rings is 2. The number of rotatable bonds is 6. The van der Waals surface area contributed by atoms with E-state index in [1.54, 1.807) is 0 Å². The van der Waals surface area contributed by atoms with Crippen LogP contribution in [0.4, 0.5) is 0 Å². The third-order valence-corrected chi connectivity index (χ3v) is 2.89. The Bertz CT molecular complexity index is 442. The molecule has 2 heterocycles. The Morgan fingerprint density at radius 1 is 1.11 bits per heavy atom. The van der Waals surface area contributed by atoms with E-state index < -0.39 is 0 Å². The third-order valence-electron chi connectivity index (χ3n) is 2.89. The standard InChI is InChI=1S/C15H19N3/c1-2-7-18-15(14-6-4-9-17-12-14)10-13-5-3-8-16-11-13/h3-6,8-9,11-12,15,18H,2,7,10H2,1H3. The molecule has 0 spiro atoms. The number of aromatic nitrogens is 2. The first-order valence-electron chi connectivity index (χ1n) is 6.42. The zero-order valence-corrected chi connectivity index (χ0v) is 10.7. The molecule has 18 heavy (non-hydrogen) atoms. The lowest BCUT2D eigenvalue weighted by atomic mass is 10.0. The van der Waals surface area contributed by atoms with E-state index in [2.05, 4.69) is 34.3 Å². The normalized spacial score (nSPS) is 12.3. The molecular formula is C15H19N3. The number of hydrogen-bond donors (Lipinski definition) is 1. The van der Waals surface area contributed by atoms with E-state index in [0.717, 1.165) is 19.4 Å². The molecule has 0 bridgehead atoms. The average Bonchev–Trinajstić information content (AvgIpc) is 2.45. The zero-order chi connectivity index (χ0) is 12.6. The second kappa shape index (κ2) is 6.87. The number of nitrogens with one attached hydrogen (secondary N) is 1. The van der Waals surface area contributed by atoms with Gasteiger partial charge in [0.2, 0.25) is 0 Å². The maximum Gasteiger partial charge on any atom is 0.0376 e. The van der Waals surface area contributed by atoms with Gasteiger partial charge >= 0.3 is 0 Å². The molecule has 0 amide bonds. The molecular weight excluding hydrogens is 222 g/mol. The molecule has 0 saturated carbocycles. The van der Waals surface area contributed by atoms with Crippen LogP contribution in [0.3, 0.4) is 0 Å². The molecule has 94 valence electrons. The molecule has 1 N–H and O–H groups in total. The zero-order valence-electron chi connectivity index (χ0n) is 10.7. The SMILES string of the molecule is CCCNC(Cc1cccnc1)c1cccnc1. The van der Waals surface area contributed by atoms with E-state index in [4.69, 9.17) is 0 Å². The van der Waals surface area contributed by atoms with Gasteiger partial charge in [-0.25, -0.2) is 0 Å². The van der Waals surface area contributed by atoms with Crippen molar-refractivity contribution in [1.82, 2.24) is 15.3 Å². The fraction of sp³-hybridized carbons (Fsp3) is 0.333. The predicted octanol–water partition coefficient (Wildman–Crippen LogP) is 2.76. The Hall–Kier alpha value is -1.74. The van der Waals surface area contributed by atoms with Crippen molar-refractivity contribution in [2.45, 2.75) is 25.8 Å². The van der Waals surface area contributed by atoms with E-state index in [1.165, 1.54) is 11.1 Å². The lowest BCUT2D eigenvalue weighted by molar-refractivity contribution is 0.527. The van der Waals surface area contributed by atoms with Gasteiger partial charge in [-0.05, 0) is 42.6 Å². The quantitative estimate of drug-likeness (QED) is 0.845. The molecule has 2 aromatic heterocycles. The molecule has 0 aliphatic rings. The van der Waals surface area contributed by atoms with Crippen LogP contribution in [0.25, 0.3) is 0 Å². The molecule has 0 aliphatic heterocycles. The predicted molar refractivity (Wildman–Crippen MR) is 73.2 cm³/mol. The topological polar surface area (TPSA) is 37.8 Å².